The minimum absolute atomic E-state index is 0.370. The van der Waals surface area contributed by atoms with Crippen molar-refractivity contribution in [3.8, 4) is 5.75 Å². The third kappa shape index (κ3) is 2.26. The topological polar surface area (TPSA) is 39.2 Å². The van der Waals surface area contributed by atoms with Gasteiger partial charge < -0.3 is 4.74 Å². The van der Waals surface area contributed by atoms with Crippen LogP contribution in [-0.2, 0) is 0 Å². The maximum absolute atomic E-state index is 12.1. The highest BCUT2D eigenvalue weighted by molar-refractivity contribution is 5.92. The second-order valence-corrected chi connectivity index (χ2v) is 4.52. The highest BCUT2D eigenvalue weighted by Crippen LogP contribution is 2.25. The van der Waals surface area contributed by atoms with Crippen LogP contribution >= 0.6 is 0 Å². The highest BCUT2D eigenvalue weighted by atomic mass is 16.5. The summed E-state index contributed by atoms with van der Waals surface area (Å²) in [7, 11) is 0. The molecular weight excluding hydrogens is 250 g/mol. The van der Waals surface area contributed by atoms with E-state index in [0.29, 0.717) is 11.3 Å². The van der Waals surface area contributed by atoms with Crippen LogP contribution in [0.4, 0.5) is 0 Å². The van der Waals surface area contributed by atoms with Gasteiger partial charge in [0.2, 0.25) is 0 Å². The lowest BCUT2D eigenvalue weighted by atomic mass is 10.1. The predicted molar refractivity (Wildman–Crippen MR) is 77.9 cm³/mol. The molecule has 0 unspecified atom stereocenters. The van der Waals surface area contributed by atoms with Gasteiger partial charge in [-0.15, -0.1) is 0 Å². The fourth-order valence-corrected chi connectivity index (χ4v) is 2.10. The van der Waals surface area contributed by atoms with Gasteiger partial charge in [-0.05, 0) is 25.1 Å². The van der Waals surface area contributed by atoms with E-state index in [2.05, 4.69) is 4.98 Å². The van der Waals surface area contributed by atoms with Crippen molar-refractivity contribution < 1.29 is 9.53 Å². The molecular formula is C17H13NO2. The number of esters is 1. The summed E-state index contributed by atoms with van der Waals surface area (Å²) in [5.41, 5.74) is 2.34. The third-order valence-electron chi connectivity index (χ3n) is 3.21. The molecule has 20 heavy (non-hydrogen) atoms. The standard InChI is InChI=1S/C17H13NO2/c1-12-14-9-5-6-10-15(14)18-11-16(12)20-17(19)13-7-3-2-4-8-13/h2-11H,1H3. The lowest BCUT2D eigenvalue weighted by Crippen LogP contribution is -2.09. The van der Waals surface area contributed by atoms with E-state index in [0.717, 1.165) is 16.5 Å². The van der Waals surface area contributed by atoms with Crippen LogP contribution in [0.5, 0.6) is 5.75 Å². The van der Waals surface area contributed by atoms with Crippen molar-refractivity contribution in [2.45, 2.75) is 6.92 Å². The van der Waals surface area contributed by atoms with Gasteiger partial charge in [-0.3, -0.25) is 4.98 Å². The van der Waals surface area contributed by atoms with E-state index in [-0.39, 0.29) is 5.97 Å². The molecule has 3 rings (SSSR count). The Morgan fingerprint density at radius 2 is 1.70 bits per heavy atom. The number of para-hydroxylation sites is 1. The van der Waals surface area contributed by atoms with Crippen LogP contribution in [0.25, 0.3) is 10.9 Å². The van der Waals surface area contributed by atoms with Gasteiger partial charge in [0.05, 0.1) is 17.3 Å². The van der Waals surface area contributed by atoms with Gasteiger partial charge in [-0.25, -0.2) is 4.79 Å². The molecule has 1 aromatic heterocycles. The van der Waals surface area contributed by atoms with Crippen LogP contribution in [-0.4, -0.2) is 11.0 Å². The van der Waals surface area contributed by atoms with Gasteiger partial charge in [0.25, 0.3) is 0 Å². The fraction of sp³-hybridized carbons (Fsp3) is 0.0588. The Balaban J connectivity index is 1.95. The molecule has 98 valence electrons. The first-order valence-electron chi connectivity index (χ1n) is 6.37. The minimum Gasteiger partial charge on any atom is -0.421 e. The van der Waals surface area contributed by atoms with Crippen molar-refractivity contribution in [3.63, 3.8) is 0 Å². The number of carbonyl (C=O) groups excluding carboxylic acids is 1. The van der Waals surface area contributed by atoms with E-state index in [1.54, 1.807) is 18.3 Å². The molecule has 0 spiro atoms. The zero-order valence-electron chi connectivity index (χ0n) is 11.0. The van der Waals surface area contributed by atoms with E-state index in [4.69, 9.17) is 4.74 Å². The molecule has 0 aliphatic rings. The van der Waals surface area contributed by atoms with Crippen LogP contribution in [0, 0.1) is 6.92 Å². The number of hydrogen-bond acceptors (Lipinski definition) is 3. The fourth-order valence-electron chi connectivity index (χ4n) is 2.10. The van der Waals surface area contributed by atoms with Crippen LogP contribution in [0.2, 0.25) is 0 Å². The minimum atomic E-state index is -0.370. The zero-order valence-corrected chi connectivity index (χ0v) is 11.0. The first kappa shape index (κ1) is 12.4. The normalized spacial score (nSPS) is 10.4. The van der Waals surface area contributed by atoms with E-state index < -0.39 is 0 Å². The molecule has 1 heterocycles. The number of aryl methyl sites for hydroxylation is 1. The number of pyridine rings is 1. The Kier molecular flexibility index (Phi) is 3.17. The lowest BCUT2D eigenvalue weighted by Gasteiger charge is -2.09. The third-order valence-corrected chi connectivity index (χ3v) is 3.21. The second kappa shape index (κ2) is 5.13. The number of carbonyl (C=O) groups is 1. The molecule has 0 aliphatic carbocycles. The quantitative estimate of drug-likeness (QED) is 0.661. The van der Waals surface area contributed by atoms with Crippen molar-refractivity contribution in [1.29, 1.82) is 0 Å². The van der Waals surface area contributed by atoms with E-state index in [1.165, 1.54) is 0 Å². The number of fused-ring (bicyclic) bond motifs is 1. The van der Waals surface area contributed by atoms with Crippen molar-refractivity contribution >= 4 is 16.9 Å². The van der Waals surface area contributed by atoms with E-state index in [1.807, 2.05) is 49.4 Å². The SMILES string of the molecule is Cc1c(OC(=O)c2ccccc2)cnc2ccccc12. The zero-order chi connectivity index (χ0) is 13.9. The highest BCUT2D eigenvalue weighted by Gasteiger charge is 2.11. The van der Waals surface area contributed by atoms with Gasteiger partial charge in [0.15, 0.2) is 5.75 Å². The Labute approximate surface area is 116 Å². The van der Waals surface area contributed by atoms with Crippen LogP contribution in [0.15, 0.2) is 60.8 Å². The molecule has 0 atom stereocenters. The Hall–Kier alpha value is -2.68. The summed E-state index contributed by atoms with van der Waals surface area (Å²) < 4.78 is 5.44. The maximum Gasteiger partial charge on any atom is 0.343 e. The van der Waals surface area contributed by atoms with Crippen molar-refractivity contribution in [3.05, 3.63) is 71.9 Å². The van der Waals surface area contributed by atoms with Crippen LogP contribution in [0.1, 0.15) is 15.9 Å². The summed E-state index contributed by atoms with van der Waals surface area (Å²) in [5, 5.41) is 0.992. The predicted octanol–water partition coefficient (Wildman–Crippen LogP) is 3.76. The molecule has 0 fully saturated rings. The van der Waals surface area contributed by atoms with E-state index in [9.17, 15) is 4.79 Å². The lowest BCUT2D eigenvalue weighted by molar-refractivity contribution is 0.0733. The van der Waals surface area contributed by atoms with Gasteiger partial charge in [0, 0.05) is 10.9 Å². The number of rotatable bonds is 2. The number of hydrogen-bond donors (Lipinski definition) is 0. The van der Waals surface area contributed by atoms with E-state index >= 15 is 0 Å². The summed E-state index contributed by atoms with van der Waals surface area (Å²) in [6.45, 7) is 1.93. The molecule has 0 saturated carbocycles. The average molecular weight is 263 g/mol. The Bertz CT molecular complexity index is 766. The molecule has 0 saturated heterocycles. The largest absolute Gasteiger partial charge is 0.421 e. The monoisotopic (exact) mass is 263 g/mol. The van der Waals surface area contributed by atoms with Gasteiger partial charge in [-0.2, -0.15) is 0 Å². The molecule has 2 aromatic carbocycles. The average Bonchev–Trinajstić information content (AvgIpc) is 2.51. The number of aromatic nitrogens is 1. The maximum atomic E-state index is 12.1. The molecule has 0 bridgehead atoms. The molecule has 0 radical (unpaired) electrons. The summed E-state index contributed by atoms with van der Waals surface area (Å²) >= 11 is 0. The van der Waals surface area contributed by atoms with Crippen molar-refractivity contribution in [1.82, 2.24) is 4.98 Å². The van der Waals surface area contributed by atoms with Gasteiger partial charge in [-0.1, -0.05) is 36.4 Å². The summed E-state index contributed by atoms with van der Waals surface area (Å²) in [6.07, 6.45) is 1.60. The smallest absolute Gasteiger partial charge is 0.343 e. The van der Waals surface area contributed by atoms with Gasteiger partial charge >= 0.3 is 5.97 Å². The molecule has 0 N–H and O–H groups in total. The summed E-state index contributed by atoms with van der Waals surface area (Å²) in [4.78, 5) is 16.4. The molecule has 3 heteroatoms. The first-order chi connectivity index (χ1) is 9.75. The van der Waals surface area contributed by atoms with Crippen LogP contribution < -0.4 is 4.74 Å². The molecule has 0 amide bonds. The summed E-state index contributed by atoms with van der Waals surface area (Å²) in [6, 6.07) is 16.7. The Morgan fingerprint density at radius 3 is 2.50 bits per heavy atom. The first-order valence-corrected chi connectivity index (χ1v) is 6.37. The van der Waals surface area contributed by atoms with Crippen molar-refractivity contribution in [2.75, 3.05) is 0 Å². The molecule has 0 aliphatic heterocycles. The number of ether oxygens (including phenoxy) is 1. The van der Waals surface area contributed by atoms with Crippen molar-refractivity contribution in [2.24, 2.45) is 0 Å². The van der Waals surface area contributed by atoms with Gasteiger partial charge in [0.1, 0.15) is 0 Å². The Morgan fingerprint density at radius 1 is 1.00 bits per heavy atom. The van der Waals surface area contributed by atoms with Crippen LogP contribution in [0.3, 0.4) is 0 Å². The summed E-state index contributed by atoms with van der Waals surface area (Å²) in [5.74, 6) is 0.128. The molecule has 3 aromatic rings. The molecule has 3 nitrogen and oxygen atoms in total. The number of benzene rings is 2. The number of nitrogens with zero attached hydrogens (tertiary/aromatic N) is 1. The second-order valence-electron chi connectivity index (χ2n) is 4.52.